The van der Waals surface area contributed by atoms with Crippen molar-refractivity contribution >= 4 is 12.4 Å². The summed E-state index contributed by atoms with van der Waals surface area (Å²) in [5.41, 5.74) is 9.04. The van der Waals surface area contributed by atoms with E-state index in [0.29, 0.717) is 10.9 Å². The molecule has 86 valence electrons. The number of aliphatic hydroxyl groups is 1. The summed E-state index contributed by atoms with van der Waals surface area (Å²) in [5.74, 6) is 0. The molecule has 1 atom stereocenters. The molecule has 1 rings (SSSR count). The highest BCUT2D eigenvalue weighted by atomic mass is 31.2. The highest BCUT2D eigenvalue weighted by Gasteiger charge is 2.20. The molecule has 0 bridgehead atoms. The molecule has 0 heterocycles. The summed E-state index contributed by atoms with van der Waals surface area (Å²) < 4.78 is 12.0. The maximum absolute atomic E-state index is 12.0. The Morgan fingerprint density at radius 3 is 2.62 bits per heavy atom. The van der Waals surface area contributed by atoms with Gasteiger partial charge in [-0.2, -0.15) is 0 Å². The van der Waals surface area contributed by atoms with Crippen LogP contribution in [0.1, 0.15) is 11.6 Å². The third-order valence-corrected chi connectivity index (χ3v) is 3.81. The molecule has 1 N–H and O–H groups in total. The third-order valence-electron chi connectivity index (χ3n) is 2.24. The van der Waals surface area contributed by atoms with Gasteiger partial charge in [0.25, 0.3) is 0 Å². The lowest BCUT2D eigenvalue weighted by atomic mass is 10.1. The van der Waals surface area contributed by atoms with Gasteiger partial charge in [0.05, 0.1) is 12.6 Å². The topological polar surface area (TPSA) is 86.1 Å². The van der Waals surface area contributed by atoms with Crippen LogP contribution in [0.25, 0.3) is 10.4 Å². The third kappa shape index (κ3) is 2.86. The van der Waals surface area contributed by atoms with Crippen LogP contribution in [0.4, 0.5) is 0 Å². The van der Waals surface area contributed by atoms with Crippen molar-refractivity contribution in [1.29, 1.82) is 0 Å². The van der Waals surface area contributed by atoms with Gasteiger partial charge in [-0.15, -0.1) is 0 Å². The minimum atomic E-state index is -2.44. The Morgan fingerprint density at radius 2 is 2.12 bits per heavy atom. The van der Waals surface area contributed by atoms with Gasteiger partial charge in [-0.25, -0.2) is 0 Å². The van der Waals surface area contributed by atoms with Gasteiger partial charge in [0.1, 0.15) is 7.14 Å². The number of azide groups is 1. The van der Waals surface area contributed by atoms with Gasteiger partial charge in [0, 0.05) is 10.2 Å². The summed E-state index contributed by atoms with van der Waals surface area (Å²) in [6.07, 6.45) is 0. The van der Waals surface area contributed by atoms with E-state index in [4.69, 9.17) is 10.6 Å². The molecule has 0 saturated carbocycles. The molecule has 1 aromatic carbocycles. The number of hydrogen-bond donors (Lipinski definition) is 1. The lowest BCUT2D eigenvalue weighted by Crippen LogP contribution is -2.15. The zero-order valence-corrected chi connectivity index (χ0v) is 10.1. The van der Waals surface area contributed by atoms with Crippen molar-refractivity contribution < 1.29 is 9.67 Å². The molecule has 16 heavy (non-hydrogen) atoms. The van der Waals surface area contributed by atoms with Crippen LogP contribution in [0, 0.1) is 0 Å². The van der Waals surface area contributed by atoms with E-state index in [-0.39, 0.29) is 6.61 Å². The van der Waals surface area contributed by atoms with Gasteiger partial charge in [0.2, 0.25) is 0 Å². The second-order valence-electron chi connectivity index (χ2n) is 3.81. The standard InChI is InChI=1S/C10H14N3O2P/c1-16(2,15)10-6-4-3-5-8(10)9(7-14)12-13-11/h3-6,9,14H,7H2,1-2H3. The van der Waals surface area contributed by atoms with Gasteiger partial charge >= 0.3 is 0 Å². The first-order valence-electron chi connectivity index (χ1n) is 4.80. The van der Waals surface area contributed by atoms with Crippen molar-refractivity contribution in [3.8, 4) is 0 Å². The van der Waals surface area contributed by atoms with Crippen molar-refractivity contribution in [2.45, 2.75) is 6.04 Å². The van der Waals surface area contributed by atoms with Crippen molar-refractivity contribution in [1.82, 2.24) is 0 Å². The summed E-state index contributed by atoms with van der Waals surface area (Å²) >= 11 is 0. The van der Waals surface area contributed by atoms with E-state index in [1.807, 2.05) is 0 Å². The van der Waals surface area contributed by atoms with Crippen LogP contribution < -0.4 is 5.30 Å². The molecule has 0 aliphatic heterocycles. The lowest BCUT2D eigenvalue weighted by molar-refractivity contribution is 0.268. The van der Waals surface area contributed by atoms with E-state index in [0.717, 1.165) is 0 Å². The average molecular weight is 239 g/mol. The minimum Gasteiger partial charge on any atom is -0.396 e. The molecule has 0 aliphatic carbocycles. The zero-order chi connectivity index (χ0) is 12.2. The van der Waals surface area contributed by atoms with E-state index >= 15 is 0 Å². The summed E-state index contributed by atoms with van der Waals surface area (Å²) in [5, 5.41) is 13.3. The molecule has 0 radical (unpaired) electrons. The number of nitrogens with zero attached hydrogens (tertiary/aromatic N) is 3. The van der Waals surface area contributed by atoms with Crippen molar-refractivity contribution in [3.63, 3.8) is 0 Å². The molecule has 0 amide bonds. The smallest absolute Gasteiger partial charge is 0.110 e. The van der Waals surface area contributed by atoms with Crippen LogP contribution in [-0.2, 0) is 4.57 Å². The van der Waals surface area contributed by atoms with Crippen LogP contribution in [0.15, 0.2) is 29.4 Å². The largest absolute Gasteiger partial charge is 0.396 e. The van der Waals surface area contributed by atoms with Gasteiger partial charge in [0.15, 0.2) is 0 Å². The molecule has 6 heteroatoms. The number of benzene rings is 1. The van der Waals surface area contributed by atoms with Crippen LogP contribution >= 0.6 is 7.14 Å². The Balaban J connectivity index is 3.32. The Bertz CT molecular complexity index is 463. The average Bonchev–Trinajstić information content (AvgIpc) is 2.25. The highest BCUT2D eigenvalue weighted by Crippen LogP contribution is 2.37. The first-order valence-corrected chi connectivity index (χ1v) is 7.40. The van der Waals surface area contributed by atoms with Gasteiger partial charge < -0.3 is 9.67 Å². The monoisotopic (exact) mass is 239 g/mol. The summed E-state index contributed by atoms with van der Waals surface area (Å²) in [4.78, 5) is 2.68. The second-order valence-corrected chi connectivity index (χ2v) is 7.00. The molecule has 0 aliphatic rings. The molecular formula is C10H14N3O2P. The minimum absolute atomic E-state index is 0.291. The molecule has 1 aromatic rings. The van der Waals surface area contributed by atoms with Crippen LogP contribution in [0.3, 0.4) is 0 Å². The second kappa shape index (κ2) is 5.17. The Kier molecular flexibility index (Phi) is 4.13. The summed E-state index contributed by atoms with van der Waals surface area (Å²) in [7, 11) is -2.44. The van der Waals surface area contributed by atoms with E-state index in [1.165, 1.54) is 0 Å². The Morgan fingerprint density at radius 1 is 1.50 bits per heavy atom. The molecular weight excluding hydrogens is 225 g/mol. The fraction of sp³-hybridized carbons (Fsp3) is 0.400. The van der Waals surface area contributed by atoms with Crippen molar-refractivity contribution in [2.24, 2.45) is 5.11 Å². The molecule has 5 nitrogen and oxygen atoms in total. The SMILES string of the molecule is CP(C)(=O)c1ccccc1C(CO)N=[N+]=[N-]. The highest BCUT2D eigenvalue weighted by molar-refractivity contribution is 7.70. The molecule has 0 aromatic heterocycles. The predicted molar refractivity (Wildman–Crippen MR) is 64.5 cm³/mol. The number of aliphatic hydroxyl groups excluding tert-OH is 1. The maximum atomic E-state index is 12.0. The van der Waals surface area contributed by atoms with Crippen LogP contribution in [0.2, 0.25) is 0 Å². The van der Waals surface area contributed by atoms with Crippen molar-refractivity contribution in [3.05, 3.63) is 40.3 Å². The van der Waals surface area contributed by atoms with E-state index in [1.54, 1.807) is 37.6 Å². The Labute approximate surface area is 94.1 Å². The fourth-order valence-corrected chi connectivity index (χ4v) is 2.81. The molecule has 0 saturated heterocycles. The molecule has 0 spiro atoms. The van der Waals surface area contributed by atoms with Crippen LogP contribution in [-0.4, -0.2) is 25.0 Å². The van der Waals surface area contributed by atoms with Gasteiger partial charge in [-0.3, -0.25) is 0 Å². The van der Waals surface area contributed by atoms with E-state index in [9.17, 15) is 4.57 Å². The van der Waals surface area contributed by atoms with E-state index in [2.05, 4.69) is 10.0 Å². The first kappa shape index (κ1) is 12.8. The van der Waals surface area contributed by atoms with E-state index < -0.39 is 13.2 Å². The van der Waals surface area contributed by atoms with Gasteiger partial charge in [-0.1, -0.05) is 29.4 Å². The Hall–Kier alpha value is -1.28. The van der Waals surface area contributed by atoms with Crippen molar-refractivity contribution in [2.75, 3.05) is 19.9 Å². The maximum Gasteiger partial charge on any atom is 0.110 e. The molecule has 0 fully saturated rings. The van der Waals surface area contributed by atoms with Crippen LogP contribution in [0.5, 0.6) is 0 Å². The molecule has 1 unspecified atom stereocenters. The van der Waals surface area contributed by atoms with Gasteiger partial charge in [-0.05, 0) is 24.4 Å². The quantitative estimate of drug-likeness (QED) is 0.378. The normalized spacial score (nSPS) is 12.9. The fourth-order valence-electron chi connectivity index (χ4n) is 1.52. The lowest BCUT2D eigenvalue weighted by Gasteiger charge is -2.16. The predicted octanol–water partition coefficient (Wildman–Crippen LogP) is 2.28. The first-order chi connectivity index (χ1) is 7.50. The number of rotatable bonds is 4. The summed E-state index contributed by atoms with van der Waals surface area (Å²) in [6, 6.07) is 6.35. The zero-order valence-electron chi connectivity index (χ0n) is 9.24. The summed E-state index contributed by atoms with van der Waals surface area (Å²) in [6.45, 7) is 3.01. The number of hydrogen-bond acceptors (Lipinski definition) is 3.